The molecule has 0 aliphatic heterocycles. The Morgan fingerprint density at radius 1 is 1.05 bits per heavy atom. The largest absolute Gasteiger partial charge is 0.624 e. The van der Waals surface area contributed by atoms with Crippen LogP contribution in [-0.4, -0.2) is 19.0 Å². The molecular formula is C17H27NOSi. The molecule has 0 fully saturated rings. The fourth-order valence-corrected chi connectivity index (χ4v) is 2.73. The van der Waals surface area contributed by atoms with Gasteiger partial charge >= 0.3 is 0 Å². The first-order chi connectivity index (χ1) is 9.47. The van der Waals surface area contributed by atoms with Crippen LogP contribution >= 0.6 is 0 Å². The molecule has 3 heteroatoms. The van der Waals surface area contributed by atoms with Gasteiger partial charge in [0.05, 0.1) is 0 Å². The second kappa shape index (κ2) is 8.75. The Balaban J connectivity index is 2.18. The van der Waals surface area contributed by atoms with Crippen LogP contribution in [0.25, 0.3) is 0 Å². The van der Waals surface area contributed by atoms with Gasteiger partial charge in [0, 0.05) is 20.1 Å². The van der Waals surface area contributed by atoms with Gasteiger partial charge in [-0.1, -0.05) is 62.1 Å². The third-order valence-electron chi connectivity index (χ3n) is 2.99. The highest BCUT2D eigenvalue weighted by Gasteiger charge is 2.08. The standard InChI is InChI=1S/C17H27NOSi/c1-20(2,3)15-11-6-4-5-10-14-18(19)16-17-12-8-7-9-13-17/h6-9,11-14H,4-5,10,15-16H2,1-3H3/b11-6+,18-14-. The molecule has 0 aromatic heterocycles. The van der Waals surface area contributed by atoms with Crippen LogP contribution < -0.4 is 0 Å². The lowest BCUT2D eigenvalue weighted by atomic mass is 10.2. The number of hydroxylamine groups is 1. The smallest absolute Gasteiger partial charge is 0.178 e. The van der Waals surface area contributed by atoms with Crippen LogP contribution in [0.2, 0.25) is 25.7 Å². The fourth-order valence-electron chi connectivity index (χ4n) is 1.85. The molecule has 0 amide bonds. The van der Waals surface area contributed by atoms with E-state index < -0.39 is 8.07 Å². The molecule has 2 nitrogen and oxygen atoms in total. The molecule has 0 heterocycles. The van der Waals surface area contributed by atoms with E-state index in [4.69, 9.17) is 0 Å². The van der Waals surface area contributed by atoms with Crippen molar-refractivity contribution < 1.29 is 4.74 Å². The van der Waals surface area contributed by atoms with Gasteiger partial charge in [-0.3, -0.25) is 0 Å². The number of hydrogen-bond acceptors (Lipinski definition) is 1. The van der Waals surface area contributed by atoms with Crippen molar-refractivity contribution in [3.63, 3.8) is 0 Å². The van der Waals surface area contributed by atoms with Crippen LogP contribution in [0, 0.1) is 5.21 Å². The summed E-state index contributed by atoms with van der Waals surface area (Å²) < 4.78 is 1.04. The van der Waals surface area contributed by atoms with Crippen molar-refractivity contribution in [3.8, 4) is 0 Å². The van der Waals surface area contributed by atoms with Crippen molar-refractivity contribution in [2.45, 2.75) is 51.5 Å². The van der Waals surface area contributed by atoms with E-state index >= 15 is 0 Å². The highest BCUT2D eigenvalue weighted by Crippen LogP contribution is 2.09. The first kappa shape index (κ1) is 16.7. The molecular weight excluding hydrogens is 262 g/mol. The Hall–Kier alpha value is -1.35. The minimum Gasteiger partial charge on any atom is -0.624 e. The highest BCUT2D eigenvalue weighted by atomic mass is 28.3. The molecule has 0 aliphatic carbocycles. The summed E-state index contributed by atoms with van der Waals surface area (Å²) in [7, 11) is -0.940. The van der Waals surface area contributed by atoms with Crippen LogP contribution in [0.5, 0.6) is 0 Å². The van der Waals surface area contributed by atoms with E-state index in [-0.39, 0.29) is 0 Å². The molecule has 0 atom stereocenters. The fraction of sp³-hybridized carbons (Fsp3) is 0.471. The molecule has 0 saturated carbocycles. The van der Waals surface area contributed by atoms with Gasteiger partial charge in [0.2, 0.25) is 0 Å². The molecule has 20 heavy (non-hydrogen) atoms. The molecule has 0 saturated heterocycles. The van der Waals surface area contributed by atoms with E-state index in [1.165, 1.54) is 6.04 Å². The lowest BCUT2D eigenvalue weighted by Crippen LogP contribution is -2.17. The maximum absolute atomic E-state index is 11.7. The van der Waals surface area contributed by atoms with Crippen molar-refractivity contribution >= 4 is 14.3 Å². The monoisotopic (exact) mass is 289 g/mol. The summed E-state index contributed by atoms with van der Waals surface area (Å²) in [4.78, 5) is 0. The quantitative estimate of drug-likeness (QED) is 0.128. The molecule has 110 valence electrons. The van der Waals surface area contributed by atoms with Gasteiger partial charge in [-0.25, -0.2) is 4.74 Å². The Kier molecular flexibility index (Phi) is 7.30. The lowest BCUT2D eigenvalue weighted by molar-refractivity contribution is -0.471. The predicted molar refractivity (Wildman–Crippen MR) is 91.0 cm³/mol. The lowest BCUT2D eigenvalue weighted by Gasteiger charge is -2.11. The van der Waals surface area contributed by atoms with Crippen LogP contribution in [0.15, 0.2) is 42.5 Å². The van der Waals surface area contributed by atoms with Crippen LogP contribution in [0.3, 0.4) is 0 Å². The van der Waals surface area contributed by atoms with Gasteiger partial charge in [-0.2, -0.15) is 0 Å². The molecule has 0 radical (unpaired) electrons. The molecule has 0 spiro atoms. The third-order valence-corrected chi connectivity index (χ3v) is 4.45. The summed E-state index contributed by atoms with van der Waals surface area (Å²) in [5.41, 5.74) is 1.06. The average Bonchev–Trinajstić information content (AvgIpc) is 2.37. The first-order valence-electron chi connectivity index (χ1n) is 7.43. The van der Waals surface area contributed by atoms with Crippen LogP contribution in [0.1, 0.15) is 24.8 Å². The van der Waals surface area contributed by atoms with Crippen molar-refractivity contribution in [2.75, 3.05) is 0 Å². The number of unbranched alkanes of at least 4 members (excludes halogenated alkanes) is 2. The maximum atomic E-state index is 11.7. The summed E-state index contributed by atoms with van der Waals surface area (Å²) >= 11 is 0. The van der Waals surface area contributed by atoms with Crippen molar-refractivity contribution in [2.24, 2.45) is 0 Å². The molecule has 1 rings (SSSR count). The molecule has 1 aromatic carbocycles. The summed E-state index contributed by atoms with van der Waals surface area (Å²) in [6, 6.07) is 11.1. The van der Waals surface area contributed by atoms with Crippen LogP contribution in [0.4, 0.5) is 0 Å². The van der Waals surface area contributed by atoms with E-state index in [2.05, 4.69) is 31.8 Å². The second-order valence-electron chi connectivity index (χ2n) is 6.41. The minimum atomic E-state index is -0.940. The van der Waals surface area contributed by atoms with E-state index in [9.17, 15) is 5.21 Å². The minimum absolute atomic E-state index is 0.451. The van der Waals surface area contributed by atoms with Gasteiger partial charge in [-0.05, 0) is 18.9 Å². The van der Waals surface area contributed by atoms with E-state index in [0.717, 1.165) is 29.6 Å². The number of hydrogen-bond donors (Lipinski definition) is 0. The number of allylic oxidation sites excluding steroid dienone is 2. The Morgan fingerprint density at radius 2 is 1.75 bits per heavy atom. The summed E-state index contributed by atoms with van der Waals surface area (Å²) in [6.45, 7) is 7.59. The topological polar surface area (TPSA) is 26.1 Å². The van der Waals surface area contributed by atoms with Gasteiger partial charge < -0.3 is 5.21 Å². The Labute approximate surface area is 124 Å². The van der Waals surface area contributed by atoms with Gasteiger partial charge in [0.15, 0.2) is 12.8 Å². The van der Waals surface area contributed by atoms with E-state index in [0.29, 0.717) is 6.54 Å². The molecule has 0 bridgehead atoms. The van der Waals surface area contributed by atoms with E-state index in [1.54, 1.807) is 6.21 Å². The Morgan fingerprint density at radius 3 is 2.40 bits per heavy atom. The molecule has 0 unspecified atom stereocenters. The van der Waals surface area contributed by atoms with Crippen molar-refractivity contribution in [1.29, 1.82) is 0 Å². The zero-order valence-corrected chi connectivity index (χ0v) is 14.0. The average molecular weight is 289 g/mol. The molecule has 0 aliphatic rings. The number of rotatable bonds is 8. The maximum Gasteiger partial charge on any atom is 0.178 e. The number of nitrogens with zero attached hydrogens (tertiary/aromatic N) is 1. The van der Waals surface area contributed by atoms with Crippen molar-refractivity contribution in [3.05, 3.63) is 53.3 Å². The van der Waals surface area contributed by atoms with Gasteiger partial charge in [-0.15, -0.1) is 0 Å². The summed E-state index contributed by atoms with van der Waals surface area (Å²) in [6.07, 6.45) is 9.31. The van der Waals surface area contributed by atoms with E-state index in [1.807, 2.05) is 30.3 Å². The summed E-state index contributed by atoms with van der Waals surface area (Å²) in [5, 5.41) is 11.7. The third kappa shape index (κ3) is 8.70. The molecule has 0 N–H and O–H groups in total. The van der Waals surface area contributed by atoms with Crippen LogP contribution in [-0.2, 0) is 6.54 Å². The summed E-state index contributed by atoms with van der Waals surface area (Å²) in [5.74, 6) is 0. The van der Waals surface area contributed by atoms with Gasteiger partial charge in [0.1, 0.15) is 0 Å². The second-order valence-corrected chi connectivity index (χ2v) is 11.9. The normalized spacial score (nSPS) is 13.1. The SMILES string of the molecule is C[Si](C)(C)C/C=C/CCC/C=[N+](\[O-])Cc1ccccc1. The zero-order valence-electron chi connectivity index (χ0n) is 13.0. The van der Waals surface area contributed by atoms with Crippen molar-refractivity contribution in [1.82, 2.24) is 0 Å². The zero-order chi connectivity index (χ0) is 14.8. The van der Waals surface area contributed by atoms with Gasteiger partial charge in [0.25, 0.3) is 0 Å². The molecule has 1 aromatic rings. The predicted octanol–water partition coefficient (Wildman–Crippen LogP) is 4.83. The highest BCUT2D eigenvalue weighted by molar-refractivity contribution is 6.76. The Bertz CT molecular complexity index is 432. The number of benzene rings is 1. The first-order valence-corrected chi connectivity index (χ1v) is 11.1.